The van der Waals surface area contributed by atoms with Gasteiger partial charge in [-0.2, -0.15) is 0 Å². The summed E-state index contributed by atoms with van der Waals surface area (Å²) in [6.07, 6.45) is 1.82. The van der Waals surface area contributed by atoms with Gasteiger partial charge in [-0.3, -0.25) is 19.7 Å². The Morgan fingerprint density at radius 2 is 2.22 bits per heavy atom. The zero-order chi connectivity index (χ0) is 15.6. The van der Waals surface area contributed by atoms with Crippen molar-refractivity contribution >= 4 is 23.1 Å². The molecule has 0 radical (unpaired) electrons. The summed E-state index contributed by atoms with van der Waals surface area (Å²) < 4.78 is 0. The van der Waals surface area contributed by atoms with Gasteiger partial charge < -0.3 is 5.32 Å². The number of aliphatic imine (C=N–C) groups is 1. The quantitative estimate of drug-likeness (QED) is 0.940. The van der Waals surface area contributed by atoms with E-state index in [4.69, 9.17) is 0 Å². The molecule has 2 aliphatic rings. The van der Waals surface area contributed by atoms with Crippen LogP contribution in [0.5, 0.6) is 0 Å². The van der Waals surface area contributed by atoms with Gasteiger partial charge in [-0.25, -0.2) is 0 Å². The van der Waals surface area contributed by atoms with Gasteiger partial charge in [-0.15, -0.1) is 11.3 Å². The van der Waals surface area contributed by atoms with Crippen molar-refractivity contribution < 1.29 is 4.79 Å². The third kappa shape index (κ3) is 2.95. The van der Waals surface area contributed by atoms with Gasteiger partial charge in [0.1, 0.15) is 5.84 Å². The number of carbonyl (C=O) groups excluding carboxylic acids is 1. The molecule has 2 aromatic rings. The van der Waals surface area contributed by atoms with E-state index in [1.807, 2.05) is 41.9 Å². The van der Waals surface area contributed by atoms with Gasteiger partial charge in [-0.1, -0.05) is 12.1 Å². The molecule has 1 amide bonds. The summed E-state index contributed by atoms with van der Waals surface area (Å²) >= 11 is 1.44. The average Bonchev–Trinajstić information content (AvgIpc) is 3.27. The van der Waals surface area contributed by atoms with E-state index < -0.39 is 0 Å². The van der Waals surface area contributed by atoms with Crippen LogP contribution in [0.1, 0.15) is 15.4 Å². The first-order valence-electron chi connectivity index (χ1n) is 7.52. The van der Waals surface area contributed by atoms with Crippen molar-refractivity contribution in [3.05, 3.63) is 63.6 Å². The molecule has 0 saturated carbocycles. The van der Waals surface area contributed by atoms with Crippen LogP contribution in [0, 0.1) is 0 Å². The second kappa shape index (κ2) is 6.06. The molecule has 116 valence electrons. The fraction of sp³-hybridized carbons (Fsp3) is 0.235. The molecule has 0 atom stereocenters. The number of nitrogens with one attached hydrogen (secondary N) is 1. The number of pyridine rings is 1. The van der Waals surface area contributed by atoms with Crippen LogP contribution in [0.2, 0.25) is 0 Å². The maximum atomic E-state index is 12.2. The Hall–Kier alpha value is -2.31. The van der Waals surface area contributed by atoms with Crippen LogP contribution in [-0.4, -0.2) is 41.3 Å². The normalized spacial score (nSPS) is 17.3. The Morgan fingerprint density at radius 1 is 1.26 bits per heavy atom. The van der Waals surface area contributed by atoms with Gasteiger partial charge in [0.25, 0.3) is 5.91 Å². The van der Waals surface area contributed by atoms with Crippen LogP contribution in [0.3, 0.4) is 0 Å². The Balaban J connectivity index is 1.40. The highest BCUT2D eigenvalue weighted by Crippen LogP contribution is 2.24. The van der Waals surface area contributed by atoms with E-state index in [0.717, 1.165) is 31.2 Å². The highest BCUT2D eigenvalue weighted by Gasteiger charge is 2.30. The molecule has 0 saturated heterocycles. The van der Waals surface area contributed by atoms with Crippen LogP contribution >= 0.6 is 11.3 Å². The van der Waals surface area contributed by atoms with Gasteiger partial charge in [0, 0.05) is 31.4 Å². The van der Waals surface area contributed by atoms with E-state index in [9.17, 15) is 4.79 Å². The second-order valence-electron chi connectivity index (χ2n) is 5.64. The number of aromatic nitrogens is 1. The fourth-order valence-corrected chi connectivity index (χ4v) is 3.56. The molecular formula is C17H16N4OS. The minimum absolute atomic E-state index is 0.0734. The summed E-state index contributed by atoms with van der Waals surface area (Å²) in [5, 5.41) is 4.86. The fourth-order valence-electron chi connectivity index (χ4n) is 2.94. The van der Waals surface area contributed by atoms with Crippen LogP contribution in [0.15, 0.2) is 58.0 Å². The Labute approximate surface area is 138 Å². The summed E-state index contributed by atoms with van der Waals surface area (Å²) in [6.45, 7) is 3.22. The van der Waals surface area contributed by atoms with E-state index in [1.165, 1.54) is 22.5 Å². The predicted octanol–water partition coefficient (Wildman–Crippen LogP) is 2.10. The Bertz CT molecular complexity index is 780. The monoisotopic (exact) mass is 324 g/mol. The van der Waals surface area contributed by atoms with E-state index in [2.05, 4.69) is 20.2 Å². The molecule has 0 bridgehead atoms. The first-order chi connectivity index (χ1) is 11.3. The van der Waals surface area contributed by atoms with Crippen molar-refractivity contribution in [2.45, 2.75) is 6.54 Å². The lowest BCUT2D eigenvalue weighted by Crippen LogP contribution is -2.33. The van der Waals surface area contributed by atoms with E-state index in [0.29, 0.717) is 11.4 Å². The molecule has 23 heavy (non-hydrogen) atoms. The summed E-state index contributed by atoms with van der Waals surface area (Å²) in [5.41, 5.74) is 3.54. The zero-order valence-corrected chi connectivity index (χ0v) is 13.3. The summed E-state index contributed by atoms with van der Waals surface area (Å²) in [6, 6.07) is 9.68. The lowest BCUT2D eigenvalue weighted by atomic mass is 10.2. The first kappa shape index (κ1) is 14.3. The molecule has 2 aliphatic heterocycles. The van der Waals surface area contributed by atoms with Gasteiger partial charge in [-0.05, 0) is 29.2 Å². The molecule has 0 aromatic carbocycles. The smallest absolute Gasteiger partial charge is 0.266 e. The maximum Gasteiger partial charge on any atom is 0.266 e. The molecule has 0 aliphatic carbocycles. The number of nitrogens with zero attached hydrogens (tertiary/aromatic N) is 3. The Kier molecular flexibility index (Phi) is 3.77. The average molecular weight is 324 g/mol. The molecule has 5 nitrogen and oxygen atoms in total. The number of hydrogen-bond acceptors (Lipinski definition) is 5. The third-order valence-corrected chi connectivity index (χ3v) is 4.89. The number of rotatable bonds is 3. The number of amidine groups is 1. The molecule has 0 fully saturated rings. The van der Waals surface area contributed by atoms with Crippen LogP contribution < -0.4 is 5.32 Å². The minimum atomic E-state index is -0.0734. The van der Waals surface area contributed by atoms with E-state index >= 15 is 0 Å². The van der Waals surface area contributed by atoms with Crippen molar-refractivity contribution in [2.75, 3.05) is 19.6 Å². The molecule has 6 heteroatoms. The molecule has 0 unspecified atom stereocenters. The van der Waals surface area contributed by atoms with Crippen molar-refractivity contribution in [3.8, 4) is 0 Å². The summed E-state index contributed by atoms with van der Waals surface area (Å²) in [4.78, 5) is 24.1. The maximum absolute atomic E-state index is 12.2. The standard InChI is InChI=1S/C17H16N4OS/c22-17(15-5-3-7-23-15)20-16-14-11-21(9-12(14)8-19-16)10-13-4-1-2-6-18-13/h1-7H,8-11H2,(H,19,20,22). The van der Waals surface area contributed by atoms with Crippen LogP contribution in [-0.2, 0) is 6.54 Å². The predicted molar refractivity (Wildman–Crippen MR) is 90.6 cm³/mol. The number of hydrogen-bond donors (Lipinski definition) is 1. The zero-order valence-electron chi connectivity index (χ0n) is 12.5. The third-order valence-electron chi connectivity index (χ3n) is 4.03. The molecule has 1 N–H and O–H groups in total. The van der Waals surface area contributed by atoms with Crippen molar-refractivity contribution in [1.82, 2.24) is 15.2 Å². The van der Waals surface area contributed by atoms with Gasteiger partial charge >= 0.3 is 0 Å². The minimum Gasteiger partial charge on any atom is -0.306 e. The molecular weight excluding hydrogens is 308 g/mol. The van der Waals surface area contributed by atoms with Gasteiger partial charge in [0.15, 0.2) is 0 Å². The van der Waals surface area contributed by atoms with Gasteiger partial charge in [0.05, 0.1) is 17.1 Å². The Morgan fingerprint density at radius 3 is 3.00 bits per heavy atom. The first-order valence-corrected chi connectivity index (χ1v) is 8.40. The highest BCUT2D eigenvalue weighted by atomic mass is 32.1. The van der Waals surface area contributed by atoms with Crippen LogP contribution in [0.25, 0.3) is 0 Å². The molecule has 4 rings (SSSR count). The lowest BCUT2D eigenvalue weighted by molar-refractivity contribution is 0.0981. The molecule has 4 heterocycles. The highest BCUT2D eigenvalue weighted by molar-refractivity contribution is 7.12. The van der Waals surface area contributed by atoms with Gasteiger partial charge in [0.2, 0.25) is 0 Å². The summed E-state index contributed by atoms with van der Waals surface area (Å²) in [7, 11) is 0. The summed E-state index contributed by atoms with van der Waals surface area (Å²) in [5.74, 6) is 0.664. The topological polar surface area (TPSA) is 57.6 Å². The molecule has 0 spiro atoms. The van der Waals surface area contributed by atoms with Crippen molar-refractivity contribution in [3.63, 3.8) is 0 Å². The lowest BCUT2D eigenvalue weighted by Gasteiger charge is -2.17. The SMILES string of the molecule is O=C(NC1=NCC2=C1CN(Cc1ccccn1)C2)c1cccs1. The second-order valence-corrected chi connectivity index (χ2v) is 6.59. The van der Waals surface area contributed by atoms with E-state index in [1.54, 1.807) is 0 Å². The largest absolute Gasteiger partial charge is 0.306 e. The number of thiophene rings is 1. The number of carbonyl (C=O) groups is 1. The number of amides is 1. The van der Waals surface area contributed by atoms with Crippen LogP contribution in [0.4, 0.5) is 0 Å². The van der Waals surface area contributed by atoms with Crippen molar-refractivity contribution in [2.24, 2.45) is 4.99 Å². The van der Waals surface area contributed by atoms with Crippen molar-refractivity contribution in [1.29, 1.82) is 0 Å². The molecule has 2 aromatic heterocycles. The van der Waals surface area contributed by atoms with E-state index in [-0.39, 0.29) is 5.91 Å².